The zero-order valence-electron chi connectivity index (χ0n) is 11.5. The van der Waals surface area contributed by atoms with Crippen molar-refractivity contribution in [3.63, 3.8) is 0 Å². The first-order valence-electron chi connectivity index (χ1n) is 6.61. The van der Waals surface area contributed by atoms with Gasteiger partial charge in [0.05, 0.1) is 0 Å². The lowest BCUT2D eigenvalue weighted by Gasteiger charge is -2.13. The molecule has 0 fully saturated rings. The molecule has 0 aliphatic carbocycles. The quantitative estimate of drug-likeness (QED) is 0.722. The van der Waals surface area contributed by atoms with E-state index in [0.717, 1.165) is 34.2 Å². The third-order valence-corrected chi connectivity index (χ3v) is 3.41. The molecule has 1 atom stereocenters. The summed E-state index contributed by atoms with van der Waals surface area (Å²) in [5, 5.41) is 5.22. The average Bonchev–Trinajstić information content (AvgIpc) is 2.91. The van der Waals surface area contributed by atoms with Gasteiger partial charge < -0.3 is 10.3 Å². The van der Waals surface area contributed by atoms with E-state index < -0.39 is 0 Å². The Labute approximate surface area is 129 Å². The molecule has 3 rings (SSSR count). The molecule has 0 radical (unpaired) electrons. The van der Waals surface area contributed by atoms with Crippen molar-refractivity contribution in [1.29, 1.82) is 0 Å². The number of rotatable bonds is 4. The minimum Gasteiger partial charge on any atom is -0.356 e. The van der Waals surface area contributed by atoms with Gasteiger partial charge in [-0.3, -0.25) is 0 Å². The molecular formula is C17H17ClN2O. The normalized spacial score (nSPS) is 11.9. The molecule has 3 nitrogen and oxygen atoms in total. The minimum atomic E-state index is -0.0841. The van der Waals surface area contributed by atoms with E-state index in [-0.39, 0.29) is 18.4 Å². The molecule has 108 valence electrons. The maximum atomic E-state index is 6.23. The van der Waals surface area contributed by atoms with Gasteiger partial charge in [0.1, 0.15) is 5.69 Å². The van der Waals surface area contributed by atoms with Crippen LogP contribution in [-0.4, -0.2) is 5.16 Å². The van der Waals surface area contributed by atoms with Gasteiger partial charge >= 0.3 is 0 Å². The van der Waals surface area contributed by atoms with Gasteiger partial charge in [-0.15, -0.1) is 19.0 Å². The van der Waals surface area contributed by atoms with Crippen LogP contribution in [0.4, 0.5) is 0 Å². The predicted molar refractivity (Wildman–Crippen MR) is 88.4 cm³/mol. The molecule has 0 aliphatic heterocycles. The fourth-order valence-corrected chi connectivity index (χ4v) is 2.42. The Bertz CT molecular complexity index is 751. The summed E-state index contributed by atoms with van der Waals surface area (Å²) >= 11 is 0. The number of aromatic nitrogens is 1. The second-order valence-corrected chi connectivity index (χ2v) is 4.75. The Balaban J connectivity index is 0.00000161. The molecule has 0 bridgehead atoms. The molecule has 1 heterocycles. The Hall–Kier alpha value is -2.10. The highest BCUT2D eigenvalue weighted by Gasteiger charge is 2.16. The van der Waals surface area contributed by atoms with Crippen molar-refractivity contribution >= 4 is 23.4 Å². The molecule has 4 heteroatoms. The lowest BCUT2D eigenvalue weighted by atomic mass is 9.95. The summed E-state index contributed by atoms with van der Waals surface area (Å²) in [6, 6.07) is 15.8. The Kier molecular flexibility index (Phi) is 4.78. The van der Waals surface area contributed by atoms with E-state index in [2.05, 4.69) is 11.7 Å². The van der Waals surface area contributed by atoms with Crippen LogP contribution in [0.15, 0.2) is 65.7 Å². The van der Waals surface area contributed by atoms with Crippen LogP contribution in [0.25, 0.3) is 22.2 Å². The number of benzene rings is 2. The van der Waals surface area contributed by atoms with Crippen molar-refractivity contribution in [3.8, 4) is 11.3 Å². The summed E-state index contributed by atoms with van der Waals surface area (Å²) in [6.07, 6.45) is 2.56. The Morgan fingerprint density at radius 2 is 1.86 bits per heavy atom. The zero-order chi connectivity index (χ0) is 13.9. The fourth-order valence-electron chi connectivity index (χ4n) is 2.42. The average molecular weight is 301 g/mol. The van der Waals surface area contributed by atoms with Crippen molar-refractivity contribution in [1.82, 2.24) is 5.16 Å². The summed E-state index contributed by atoms with van der Waals surface area (Å²) in [7, 11) is 0. The van der Waals surface area contributed by atoms with Crippen LogP contribution >= 0.6 is 12.4 Å². The molecule has 0 aliphatic rings. The number of para-hydroxylation sites is 1. The number of nitrogens with two attached hydrogens (primary N) is 1. The lowest BCUT2D eigenvalue weighted by Crippen LogP contribution is -2.10. The Morgan fingerprint density at radius 3 is 2.67 bits per heavy atom. The van der Waals surface area contributed by atoms with Crippen LogP contribution < -0.4 is 5.73 Å². The minimum absolute atomic E-state index is 0. The topological polar surface area (TPSA) is 52.0 Å². The van der Waals surface area contributed by atoms with E-state index in [9.17, 15) is 0 Å². The highest BCUT2D eigenvalue weighted by atomic mass is 35.5. The SMILES string of the molecule is C=CC[C@@H](N)c1ccccc1-c1noc2ccccc12.Cl. The number of halogens is 1. The largest absolute Gasteiger partial charge is 0.356 e. The molecule has 2 aromatic carbocycles. The maximum Gasteiger partial charge on any atom is 0.167 e. The van der Waals surface area contributed by atoms with Gasteiger partial charge in [-0.2, -0.15) is 0 Å². The molecule has 0 saturated heterocycles. The fraction of sp³-hybridized carbons (Fsp3) is 0.118. The highest BCUT2D eigenvalue weighted by molar-refractivity contribution is 5.92. The van der Waals surface area contributed by atoms with E-state index in [0.29, 0.717) is 0 Å². The van der Waals surface area contributed by atoms with E-state index in [1.807, 2.05) is 54.6 Å². The number of nitrogens with zero attached hydrogens (tertiary/aromatic N) is 1. The van der Waals surface area contributed by atoms with Crippen molar-refractivity contribution in [2.75, 3.05) is 0 Å². The smallest absolute Gasteiger partial charge is 0.167 e. The van der Waals surface area contributed by atoms with Gasteiger partial charge in [0.2, 0.25) is 0 Å². The van der Waals surface area contributed by atoms with Crippen LogP contribution in [0.1, 0.15) is 18.0 Å². The lowest BCUT2D eigenvalue weighted by molar-refractivity contribution is 0.459. The molecule has 2 N–H and O–H groups in total. The number of fused-ring (bicyclic) bond motifs is 1. The maximum absolute atomic E-state index is 6.23. The van der Waals surface area contributed by atoms with E-state index >= 15 is 0 Å². The van der Waals surface area contributed by atoms with Crippen LogP contribution in [0.5, 0.6) is 0 Å². The van der Waals surface area contributed by atoms with Crippen LogP contribution in [0.2, 0.25) is 0 Å². The summed E-state index contributed by atoms with van der Waals surface area (Å²) in [6.45, 7) is 3.75. The van der Waals surface area contributed by atoms with Gasteiger partial charge in [-0.25, -0.2) is 0 Å². The first-order valence-corrected chi connectivity index (χ1v) is 6.61. The number of hydrogen-bond donors (Lipinski definition) is 1. The van der Waals surface area contributed by atoms with Gasteiger partial charge in [0, 0.05) is 17.0 Å². The third kappa shape index (κ3) is 2.84. The standard InChI is InChI=1S/C17H16N2O.ClH/c1-2-7-15(18)12-8-3-4-9-13(12)17-14-10-5-6-11-16(14)20-19-17;/h2-6,8-11,15H,1,7,18H2;1H/t15-;/m1./s1. The molecule has 3 aromatic rings. The van der Waals surface area contributed by atoms with E-state index in [1.165, 1.54) is 0 Å². The van der Waals surface area contributed by atoms with Crippen molar-refractivity contribution in [3.05, 3.63) is 66.7 Å². The van der Waals surface area contributed by atoms with Gasteiger partial charge in [0.15, 0.2) is 5.58 Å². The third-order valence-electron chi connectivity index (χ3n) is 3.41. The first-order chi connectivity index (χ1) is 9.81. The number of hydrogen-bond acceptors (Lipinski definition) is 3. The first kappa shape index (κ1) is 15.3. The molecule has 0 amide bonds. The molecular weight excluding hydrogens is 284 g/mol. The summed E-state index contributed by atoms with van der Waals surface area (Å²) in [5.41, 5.74) is 9.94. The van der Waals surface area contributed by atoms with Crippen LogP contribution in [0, 0.1) is 0 Å². The molecule has 1 aromatic heterocycles. The predicted octanol–water partition coefficient (Wildman–Crippen LogP) is 4.49. The Morgan fingerprint density at radius 1 is 1.14 bits per heavy atom. The molecule has 0 spiro atoms. The second-order valence-electron chi connectivity index (χ2n) is 4.75. The van der Waals surface area contributed by atoms with Crippen molar-refractivity contribution < 1.29 is 4.52 Å². The van der Waals surface area contributed by atoms with E-state index in [4.69, 9.17) is 10.3 Å². The van der Waals surface area contributed by atoms with Crippen molar-refractivity contribution in [2.45, 2.75) is 12.5 Å². The van der Waals surface area contributed by atoms with Crippen LogP contribution in [-0.2, 0) is 0 Å². The molecule has 0 unspecified atom stereocenters. The van der Waals surface area contributed by atoms with Gasteiger partial charge in [0.25, 0.3) is 0 Å². The molecule has 21 heavy (non-hydrogen) atoms. The van der Waals surface area contributed by atoms with Crippen LogP contribution in [0.3, 0.4) is 0 Å². The zero-order valence-corrected chi connectivity index (χ0v) is 12.3. The summed E-state index contributed by atoms with van der Waals surface area (Å²) in [5.74, 6) is 0. The highest BCUT2D eigenvalue weighted by Crippen LogP contribution is 2.33. The van der Waals surface area contributed by atoms with Gasteiger partial charge in [-0.1, -0.05) is 47.6 Å². The van der Waals surface area contributed by atoms with E-state index in [1.54, 1.807) is 0 Å². The monoisotopic (exact) mass is 300 g/mol. The van der Waals surface area contributed by atoms with Gasteiger partial charge in [-0.05, 0) is 24.1 Å². The molecule has 0 saturated carbocycles. The second kappa shape index (κ2) is 6.57. The summed E-state index contributed by atoms with van der Waals surface area (Å²) < 4.78 is 5.39. The summed E-state index contributed by atoms with van der Waals surface area (Å²) in [4.78, 5) is 0. The van der Waals surface area contributed by atoms with Crippen molar-refractivity contribution in [2.24, 2.45) is 5.73 Å².